The molecule has 0 aliphatic heterocycles. The van der Waals surface area contributed by atoms with Crippen LogP contribution < -0.4 is 10.1 Å². The number of hydrogen-bond donors (Lipinski definition) is 1. The van der Waals surface area contributed by atoms with Crippen molar-refractivity contribution < 1.29 is 13.9 Å². The van der Waals surface area contributed by atoms with Crippen LogP contribution in [0.25, 0.3) is 0 Å². The van der Waals surface area contributed by atoms with Crippen LogP contribution in [0.2, 0.25) is 5.02 Å². The van der Waals surface area contributed by atoms with Crippen molar-refractivity contribution in [1.29, 1.82) is 0 Å². The summed E-state index contributed by atoms with van der Waals surface area (Å²) in [5.74, 6) is 1.10. The van der Waals surface area contributed by atoms with Gasteiger partial charge in [-0.25, -0.2) is 0 Å². The molecule has 0 aliphatic carbocycles. The Morgan fingerprint density at radius 3 is 2.77 bits per heavy atom. The minimum Gasteiger partial charge on any atom is -0.485 e. The molecule has 1 aromatic carbocycles. The Hall–Kier alpha value is -3.52. The third kappa shape index (κ3) is 5.16. The standard InChI is InChI=1S/C22H22ClN5O3/c1-3-27-11-16(9-24-27)12-28-13-18(10-25-28)26-22(29)21-7-5-19(31-21)14-30-20-6-4-17(23)8-15(20)2/h4-11,13H,3,12,14H2,1-2H3,(H,26,29). The summed E-state index contributed by atoms with van der Waals surface area (Å²) in [6, 6.07) is 8.73. The first-order valence-electron chi connectivity index (χ1n) is 9.83. The number of anilines is 1. The number of hydrogen-bond acceptors (Lipinski definition) is 5. The molecule has 0 aliphatic rings. The number of carbonyl (C=O) groups is 1. The first-order valence-corrected chi connectivity index (χ1v) is 10.2. The average molecular weight is 440 g/mol. The molecule has 0 radical (unpaired) electrons. The van der Waals surface area contributed by atoms with Gasteiger partial charge < -0.3 is 14.5 Å². The van der Waals surface area contributed by atoms with Crippen LogP contribution in [-0.2, 0) is 19.7 Å². The van der Waals surface area contributed by atoms with Crippen molar-refractivity contribution in [2.45, 2.75) is 33.5 Å². The van der Waals surface area contributed by atoms with E-state index < -0.39 is 0 Å². The van der Waals surface area contributed by atoms with Gasteiger partial charge in [-0.15, -0.1) is 0 Å². The maximum Gasteiger partial charge on any atom is 0.291 e. The summed E-state index contributed by atoms with van der Waals surface area (Å²) >= 11 is 5.96. The van der Waals surface area contributed by atoms with E-state index in [0.29, 0.717) is 28.8 Å². The molecule has 0 spiro atoms. The molecule has 0 bridgehead atoms. The van der Waals surface area contributed by atoms with E-state index in [1.165, 1.54) is 0 Å². The Balaban J connectivity index is 1.33. The largest absolute Gasteiger partial charge is 0.485 e. The summed E-state index contributed by atoms with van der Waals surface area (Å²) in [4.78, 5) is 12.5. The molecule has 1 amide bonds. The van der Waals surface area contributed by atoms with Gasteiger partial charge in [0, 0.05) is 29.5 Å². The number of benzene rings is 1. The molecule has 160 valence electrons. The van der Waals surface area contributed by atoms with Gasteiger partial charge in [0.2, 0.25) is 0 Å². The highest BCUT2D eigenvalue weighted by Gasteiger charge is 2.13. The van der Waals surface area contributed by atoms with Crippen molar-refractivity contribution >= 4 is 23.2 Å². The Morgan fingerprint density at radius 1 is 1.16 bits per heavy atom. The summed E-state index contributed by atoms with van der Waals surface area (Å²) in [7, 11) is 0. The monoisotopic (exact) mass is 439 g/mol. The SMILES string of the molecule is CCn1cc(Cn2cc(NC(=O)c3ccc(COc4ccc(Cl)cc4C)o3)cn2)cn1. The van der Waals surface area contributed by atoms with Crippen LogP contribution in [0.5, 0.6) is 5.75 Å². The summed E-state index contributed by atoms with van der Waals surface area (Å²) in [6.45, 7) is 5.54. The molecule has 1 N–H and O–H groups in total. The Kier molecular flexibility index (Phi) is 6.08. The van der Waals surface area contributed by atoms with Crippen molar-refractivity contribution in [1.82, 2.24) is 19.6 Å². The predicted molar refractivity (Wildman–Crippen MR) is 116 cm³/mol. The van der Waals surface area contributed by atoms with Crippen LogP contribution in [0, 0.1) is 6.92 Å². The van der Waals surface area contributed by atoms with Gasteiger partial charge in [0.25, 0.3) is 5.91 Å². The molecule has 0 unspecified atom stereocenters. The fraction of sp³-hybridized carbons (Fsp3) is 0.227. The van der Waals surface area contributed by atoms with Gasteiger partial charge in [-0.2, -0.15) is 10.2 Å². The lowest BCUT2D eigenvalue weighted by Crippen LogP contribution is -2.10. The molecule has 3 aromatic heterocycles. The molecule has 8 nitrogen and oxygen atoms in total. The second-order valence-electron chi connectivity index (χ2n) is 7.05. The zero-order valence-corrected chi connectivity index (χ0v) is 18.0. The van der Waals surface area contributed by atoms with Crippen molar-refractivity contribution in [2.24, 2.45) is 0 Å². The fourth-order valence-corrected chi connectivity index (χ4v) is 3.28. The van der Waals surface area contributed by atoms with E-state index in [9.17, 15) is 4.79 Å². The lowest BCUT2D eigenvalue weighted by atomic mass is 10.2. The van der Waals surface area contributed by atoms with Crippen LogP contribution in [0.4, 0.5) is 5.69 Å². The molecular formula is C22H22ClN5O3. The number of ether oxygens (including phenoxy) is 1. The number of aryl methyl sites for hydroxylation is 2. The van der Waals surface area contributed by atoms with Gasteiger partial charge in [0.1, 0.15) is 18.1 Å². The maximum atomic E-state index is 12.5. The highest BCUT2D eigenvalue weighted by atomic mass is 35.5. The van der Waals surface area contributed by atoms with Crippen LogP contribution in [0.15, 0.2) is 59.5 Å². The number of carbonyl (C=O) groups excluding carboxylic acids is 1. The minimum absolute atomic E-state index is 0.198. The highest BCUT2D eigenvalue weighted by molar-refractivity contribution is 6.30. The summed E-state index contributed by atoms with van der Waals surface area (Å²) < 4.78 is 15.0. The Labute approximate surface area is 184 Å². The van der Waals surface area contributed by atoms with Gasteiger partial charge in [0.05, 0.1) is 24.6 Å². The van der Waals surface area contributed by atoms with Gasteiger partial charge in [-0.3, -0.25) is 14.2 Å². The molecule has 9 heteroatoms. The third-order valence-electron chi connectivity index (χ3n) is 4.64. The normalized spacial score (nSPS) is 10.9. The molecule has 0 atom stereocenters. The second-order valence-corrected chi connectivity index (χ2v) is 7.49. The van der Waals surface area contributed by atoms with Crippen LogP contribution in [0.1, 0.15) is 34.4 Å². The van der Waals surface area contributed by atoms with Crippen LogP contribution in [0.3, 0.4) is 0 Å². The van der Waals surface area contributed by atoms with Gasteiger partial charge in [-0.1, -0.05) is 11.6 Å². The van der Waals surface area contributed by atoms with Crippen molar-refractivity contribution in [3.63, 3.8) is 0 Å². The van der Waals surface area contributed by atoms with E-state index in [0.717, 1.165) is 17.7 Å². The maximum absolute atomic E-state index is 12.5. The van der Waals surface area contributed by atoms with E-state index in [-0.39, 0.29) is 18.3 Å². The topological polar surface area (TPSA) is 87.1 Å². The zero-order chi connectivity index (χ0) is 21.8. The van der Waals surface area contributed by atoms with Gasteiger partial charge in [-0.05, 0) is 49.7 Å². The number of nitrogens with zero attached hydrogens (tertiary/aromatic N) is 4. The first-order chi connectivity index (χ1) is 15.0. The smallest absolute Gasteiger partial charge is 0.291 e. The molecule has 3 heterocycles. The number of furan rings is 1. The second kappa shape index (κ2) is 9.09. The van der Waals surface area contributed by atoms with E-state index in [4.69, 9.17) is 20.8 Å². The van der Waals surface area contributed by atoms with Crippen LogP contribution in [-0.4, -0.2) is 25.5 Å². The summed E-state index contributed by atoms with van der Waals surface area (Å²) in [5.41, 5.74) is 2.55. The molecule has 4 rings (SSSR count). The first kappa shape index (κ1) is 20.7. The Bertz CT molecular complexity index is 1190. The van der Waals surface area contributed by atoms with E-state index in [1.54, 1.807) is 47.5 Å². The minimum atomic E-state index is -0.354. The Morgan fingerprint density at radius 2 is 2.00 bits per heavy atom. The number of aromatic nitrogens is 4. The van der Waals surface area contributed by atoms with E-state index in [2.05, 4.69) is 15.5 Å². The lowest BCUT2D eigenvalue weighted by Gasteiger charge is -2.07. The van der Waals surface area contributed by atoms with Crippen molar-refractivity contribution in [2.75, 3.05) is 5.32 Å². The predicted octanol–water partition coefficient (Wildman–Crippen LogP) is 4.53. The lowest BCUT2D eigenvalue weighted by molar-refractivity contribution is 0.0992. The van der Waals surface area contributed by atoms with Crippen molar-refractivity contribution in [3.05, 3.63) is 82.8 Å². The van der Waals surface area contributed by atoms with Gasteiger partial charge in [0.15, 0.2) is 5.76 Å². The van der Waals surface area contributed by atoms with E-state index in [1.807, 2.05) is 30.8 Å². The average Bonchev–Trinajstić information content (AvgIpc) is 3.49. The number of nitrogens with one attached hydrogen (secondary N) is 1. The highest BCUT2D eigenvalue weighted by Crippen LogP contribution is 2.23. The molecule has 4 aromatic rings. The summed E-state index contributed by atoms with van der Waals surface area (Å²) in [6.07, 6.45) is 7.13. The molecular weight excluding hydrogens is 418 g/mol. The molecule has 0 fully saturated rings. The number of amides is 1. The quantitative estimate of drug-likeness (QED) is 0.435. The number of halogens is 1. The molecule has 0 saturated heterocycles. The molecule has 0 saturated carbocycles. The van der Waals surface area contributed by atoms with Gasteiger partial charge >= 0.3 is 0 Å². The zero-order valence-electron chi connectivity index (χ0n) is 17.2. The fourth-order valence-electron chi connectivity index (χ4n) is 3.06. The van der Waals surface area contributed by atoms with E-state index >= 15 is 0 Å². The third-order valence-corrected chi connectivity index (χ3v) is 4.87. The number of rotatable bonds is 8. The van der Waals surface area contributed by atoms with Crippen molar-refractivity contribution in [3.8, 4) is 5.75 Å². The molecule has 31 heavy (non-hydrogen) atoms. The summed E-state index contributed by atoms with van der Waals surface area (Å²) in [5, 5.41) is 12.0. The van der Waals surface area contributed by atoms with Crippen LogP contribution >= 0.6 is 11.6 Å².